The standard InChI is InChI=1S/C11H11NO.C4H6O2/c1-8-3-4-10(9(2)5-8)11-6-12-7-13-11;1-3(5)4(2)6/h3-7H,1-2H3;1-2H3. The van der Waals surface area contributed by atoms with Gasteiger partial charge in [0, 0.05) is 19.4 Å². The van der Waals surface area contributed by atoms with Crippen LogP contribution in [0.15, 0.2) is 35.2 Å². The number of rotatable bonds is 2. The molecule has 4 nitrogen and oxygen atoms in total. The van der Waals surface area contributed by atoms with E-state index in [2.05, 4.69) is 37.0 Å². The van der Waals surface area contributed by atoms with Crippen LogP contribution < -0.4 is 0 Å². The van der Waals surface area contributed by atoms with Crippen molar-refractivity contribution in [2.75, 3.05) is 0 Å². The highest BCUT2D eigenvalue weighted by molar-refractivity contribution is 6.35. The molecule has 1 heterocycles. The van der Waals surface area contributed by atoms with E-state index in [1.54, 1.807) is 6.20 Å². The Bertz CT molecular complexity index is 559. The molecule has 0 fully saturated rings. The Hall–Kier alpha value is -2.23. The number of hydrogen-bond acceptors (Lipinski definition) is 4. The summed E-state index contributed by atoms with van der Waals surface area (Å²) in [5, 5.41) is 0. The van der Waals surface area contributed by atoms with E-state index in [9.17, 15) is 9.59 Å². The van der Waals surface area contributed by atoms with E-state index in [-0.39, 0.29) is 11.6 Å². The number of aromatic nitrogens is 1. The topological polar surface area (TPSA) is 60.2 Å². The summed E-state index contributed by atoms with van der Waals surface area (Å²) >= 11 is 0. The van der Waals surface area contributed by atoms with E-state index in [0.717, 1.165) is 11.3 Å². The Balaban J connectivity index is 0.000000258. The van der Waals surface area contributed by atoms with E-state index in [1.165, 1.54) is 31.4 Å². The highest BCUT2D eigenvalue weighted by Gasteiger charge is 2.04. The number of hydrogen-bond donors (Lipinski definition) is 0. The molecule has 19 heavy (non-hydrogen) atoms. The monoisotopic (exact) mass is 259 g/mol. The number of oxazole rings is 1. The predicted molar refractivity (Wildman–Crippen MR) is 72.8 cm³/mol. The van der Waals surface area contributed by atoms with Crippen molar-refractivity contribution < 1.29 is 14.0 Å². The van der Waals surface area contributed by atoms with Gasteiger partial charge in [0.1, 0.15) is 0 Å². The number of ketones is 2. The fourth-order valence-corrected chi connectivity index (χ4v) is 1.44. The van der Waals surface area contributed by atoms with Gasteiger partial charge >= 0.3 is 0 Å². The van der Waals surface area contributed by atoms with Gasteiger partial charge in [-0.1, -0.05) is 23.8 Å². The van der Waals surface area contributed by atoms with Crippen molar-refractivity contribution in [1.82, 2.24) is 4.98 Å². The van der Waals surface area contributed by atoms with Gasteiger partial charge in [0.25, 0.3) is 0 Å². The van der Waals surface area contributed by atoms with Crippen LogP contribution in [0.25, 0.3) is 11.3 Å². The summed E-state index contributed by atoms with van der Waals surface area (Å²) in [5.41, 5.74) is 3.60. The van der Waals surface area contributed by atoms with E-state index in [0.29, 0.717) is 0 Å². The van der Waals surface area contributed by atoms with Crippen LogP contribution in [-0.2, 0) is 9.59 Å². The van der Waals surface area contributed by atoms with Gasteiger partial charge in [0.15, 0.2) is 23.7 Å². The second-order valence-electron chi connectivity index (χ2n) is 4.30. The minimum atomic E-state index is -0.380. The first-order valence-corrected chi connectivity index (χ1v) is 5.89. The van der Waals surface area contributed by atoms with Gasteiger partial charge in [-0.05, 0) is 19.4 Å². The fourth-order valence-electron chi connectivity index (χ4n) is 1.44. The molecule has 1 aromatic heterocycles. The maximum atomic E-state index is 9.79. The Morgan fingerprint density at radius 3 is 2.16 bits per heavy atom. The molecule has 0 amide bonds. The zero-order valence-electron chi connectivity index (χ0n) is 11.6. The molecular weight excluding hydrogens is 242 g/mol. The molecule has 0 N–H and O–H groups in total. The molecule has 0 radical (unpaired) electrons. The Morgan fingerprint density at radius 1 is 1.11 bits per heavy atom. The van der Waals surface area contributed by atoms with Gasteiger partial charge in [-0.3, -0.25) is 9.59 Å². The van der Waals surface area contributed by atoms with Crippen LogP contribution in [0.5, 0.6) is 0 Å². The van der Waals surface area contributed by atoms with Crippen LogP contribution in [0.2, 0.25) is 0 Å². The molecule has 1 aromatic carbocycles. The molecule has 2 aromatic rings. The van der Waals surface area contributed by atoms with Gasteiger partial charge in [-0.15, -0.1) is 0 Å². The first-order chi connectivity index (χ1) is 8.91. The Kier molecular flexibility index (Phi) is 5.18. The lowest BCUT2D eigenvalue weighted by atomic mass is 10.0. The molecule has 0 atom stereocenters. The molecule has 2 rings (SSSR count). The first-order valence-electron chi connectivity index (χ1n) is 5.89. The fraction of sp³-hybridized carbons (Fsp3) is 0.267. The lowest BCUT2D eigenvalue weighted by Crippen LogP contribution is -2.01. The average Bonchev–Trinajstić information content (AvgIpc) is 2.83. The Labute approximate surface area is 112 Å². The minimum Gasteiger partial charge on any atom is -0.444 e. The van der Waals surface area contributed by atoms with Crippen molar-refractivity contribution in [2.24, 2.45) is 0 Å². The highest BCUT2D eigenvalue weighted by atomic mass is 16.3. The molecule has 4 heteroatoms. The predicted octanol–water partition coefficient (Wildman–Crippen LogP) is 3.12. The molecule has 100 valence electrons. The number of carbonyl (C=O) groups excluding carboxylic acids is 2. The SMILES string of the molecule is CC(=O)C(C)=O.Cc1ccc(-c2cnco2)c(C)c1. The maximum absolute atomic E-state index is 9.79. The average molecular weight is 259 g/mol. The summed E-state index contributed by atoms with van der Waals surface area (Å²) < 4.78 is 5.23. The summed E-state index contributed by atoms with van der Waals surface area (Å²) in [7, 11) is 0. The second kappa shape index (κ2) is 6.64. The zero-order chi connectivity index (χ0) is 14.4. The molecule has 0 unspecified atom stereocenters. The van der Waals surface area contributed by atoms with Gasteiger partial charge in [-0.2, -0.15) is 0 Å². The summed E-state index contributed by atoms with van der Waals surface area (Å²) in [6.07, 6.45) is 3.19. The van der Waals surface area contributed by atoms with Gasteiger partial charge < -0.3 is 4.42 Å². The number of carbonyl (C=O) groups is 2. The van der Waals surface area contributed by atoms with Crippen LogP contribution in [-0.4, -0.2) is 16.6 Å². The third-order valence-electron chi connectivity index (χ3n) is 2.58. The summed E-state index contributed by atoms with van der Waals surface area (Å²) in [6.45, 7) is 6.66. The number of benzene rings is 1. The van der Waals surface area contributed by atoms with Gasteiger partial charge in [0.2, 0.25) is 0 Å². The van der Waals surface area contributed by atoms with Crippen molar-refractivity contribution >= 4 is 11.6 Å². The molecular formula is C15H17NO3. The van der Waals surface area contributed by atoms with Crippen molar-refractivity contribution in [1.29, 1.82) is 0 Å². The van der Waals surface area contributed by atoms with Crippen molar-refractivity contribution in [3.63, 3.8) is 0 Å². The minimum absolute atomic E-state index is 0.380. The van der Waals surface area contributed by atoms with E-state index < -0.39 is 0 Å². The van der Waals surface area contributed by atoms with Gasteiger partial charge in [0.05, 0.1) is 6.20 Å². The smallest absolute Gasteiger partial charge is 0.195 e. The molecule has 0 saturated carbocycles. The molecule has 0 saturated heterocycles. The van der Waals surface area contributed by atoms with Crippen LogP contribution in [0.1, 0.15) is 25.0 Å². The second-order valence-corrected chi connectivity index (χ2v) is 4.30. The Morgan fingerprint density at radius 2 is 1.74 bits per heavy atom. The van der Waals surface area contributed by atoms with Crippen LogP contribution >= 0.6 is 0 Å². The van der Waals surface area contributed by atoms with Crippen LogP contribution in [0.4, 0.5) is 0 Å². The summed E-state index contributed by atoms with van der Waals surface area (Å²) in [4.78, 5) is 23.5. The zero-order valence-corrected chi connectivity index (χ0v) is 11.6. The first kappa shape index (κ1) is 14.8. The molecule has 0 aliphatic rings. The number of nitrogens with zero attached hydrogens (tertiary/aromatic N) is 1. The van der Waals surface area contributed by atoms with E-state index in [4.69, 9.17) is 4.42 Å². The molecule has 0 bridgehead atoms. The number of Topliss-reactive ketones (excluding diaryl/α,β-unsaturated/α-hetero) is 2. The van der Waals surface area contributed by atoms with Gasteiger partial charge in [-0.25, -0.2) is 4.98 Å². The molecule has 0 aliphatic carbocycles. The van der Waals surface area contributed by atoms with Crippen LogP contribution in [0.3, 0.4) is 0 Å². The quantitative estimate of drug-likeness (QED) is 0.777. The number of aryl methyl sites for hydroxylation is 2. The maximum Gasteiger partial charge on any atom is 0.195 e. The van der Waals surface area contributed by atoms with Crippen molar-refractivity contribution in [2.45, 2.75) is 27.7 Å². The highest BCUT2D eigenvalue weighted by Crippen LogP contribution is 2.23. The third kappa shape index (κ3) is 4.50. The summed E-state index contributed by atoms with van der Waals surface area (Å²) in [5.74, 6) is 0.0718. The third-order valence-corrected chi connectivity index (χ3v) is 2.58. The van der Waals surface area contributed by atoms with Crippen molar-refractivity contribution in [3.8, 4) is 11.3 Å². The largest absolute Gasteiger partial charge is 0.444 e. The summed E-state index contributed by atoms with van der Waals surface area (Å²) in [6, 6.07) is 6.27. The van der Waals surface area contributed by atoms with Crippen LogP contribution in [0, 0.1) is 13.8 Å². The van der Waals surface area contributed by atoms with Crippen molar-refractivity contribution in [3.05, 3.63) is 41.9 Å². The van der Waals surface area contributed by atoms with E-state index in [1.807, 2.05) is 0 Å². The lowest BCUT2D eigenvalue weighted by molar-refractivity contribution is -0.134. The van der Waals surface area contributed by atoms with E-state index >= 15 is 0 Å². The molecule has 0 aliphatic heterocycles. The normalized spacial score (nSPS) is 9.47. The molecule has 0 spiro atoms. The lowest BCUT2D eigenvalue weighted by Gasteiger charge is -2.02.